The Morgan fingerprint density at radius 2 is 2.12 bits per heavy atom. The molecule has 0 amide bonds. The number of aliphatic hydroxyl groups excluding tert-OH is 1. The number of nitrogens with one attached hydrogen (secondary N) is 1. The number of hydrogen-bond donors (Lipinski definition) is 2. The second-order valence-corrected chi connectivity index (χ2v) is 4.33. The minimum Gasteiger partial charge on any atom is -0.491 e. The molecule has 0 radical (unpaired) electrons. The molecule has 0 saturated carbocycles. The summed E-state index contributed by atoms with van der Waals surface area (Å²) in [5, 5.41) is 12.7. The van der Waals surface area contributed by atoms with Gasteiger partial charge in [0, 0.05) is 32.2 Å². The van der Waals surface area contributed by atoms with Crippen LogP contribution >= 0.6 is 11.6 Å². The number of aliphatic hydroxyl groups is 1. The van der Waals surface area contributed by atoms with E-state index in [0.29, 0.717) is 17.4 Å². The predicted molar refractivity (Wildman–Crippen MR) is 69.1 cm³/mol. The van der Waals surface area contributed by atoms with Crippen LogP contribution < -0.4 is 15.0 Å². The first-order chi connectivity index (χ1) is 8.31. The summed E-state index contributed by atoms with van der Waals surface area (Å²) in [5.74, 6) is 0.697. The van der Waals surface area contributed by atoms with Crippen LogP contribution in [0.4, 0.5) is 5.69 Å². The second-order valence-electron chi connectivity index (χ2n) is 3.92. The van der Waals surface area contributed by atoms with Crippen LogP contribution in [0.15, 0.2) is 18.2 Å². The molecule has 0 aliphatic carbocycles. The van der Waals surface area contributed by atoms with Crippen molar-refractivity contribution in [3.8, 4) is 5.75 Å². The van der Waals surface area contributed by atoms with Crippen molar-refractivity contribution in [3.05, 3.63) is 23.2 Å². The minimum atomic E-state index is 0.0111. The van der Waals surface area contributed by atoms with Gasteiger partial charge in [0.25, 0.3) is 0 Å². The SMILES string of the molecule is OCCOc1ccc(N2CCNCC2)c(Cl)c1. The lowest BCUT2D eigenvalue weighted by Gasteiger charge is -2.30. The molecule has 1 fully saturated rings. The van der Waals surface area contributed by atoms with Crippen LogP contribution in [0.1, 0.15) is 0 Å². The quantitative estimate of drug-likeness (QED) is 0.848. The largest absolute Gasteiger partial charge is 0.491 e. The van der Waals surface area contributed by atoms with E-state index in [0.717, 1.165) is 31.9 Å². The summed E-state index contributed by atoms with van der Waals surface area (Å²) in [6.45, 7) is 4.21. The Labute approximate surface area is 106 Å². The maximum absolute atomic E-state index is 8.68. The van der Waals surface area contributed by atoms with Crippen molar-refractivity contribution in [2.45, 2.75) is 0 Å². The van der Waals surface area contributed by atoms with Crippen molar-refractivity contribution in [1.29, 1.82) is 0 Å². The first kappa shape index (κ1) is 12.5. The smallest absolute Gasteiger partial charge is 0.121 e. The van der Waals surface area contributed by atoms with Crippen LogP contribution in [0, 0.1) is 0 Å². The van der Waals surface area contributed by atoms with Crippen molar-refractivity contribution >= 4 is 17.3 Å². The average Bonchev–Trinajstić information content (AvgIpc) is 2.37. The van der Waals surface area contributed by atoms with E-state index in [2.05, 4.69) is 10.2 Å². The normalized spacial score (nSPS) is 16.0. The Morgan fingerprint density at radius 3 is 2.76 bits per heavy atom. The fourth-order valence-corrected chi connectivity index (χ4v) is 2.19. The molecule has 1 aromatic rings. The van der Waals surface area contributed by atoms with Crippen LogP contribution in [-0.2, 0) is 0 Å². The van der Waals surface area contributed by atoms with E-state index in [9.17, 15) is 0 Å². The molecule has 1 heterocycles. The van der Waals surface area contributed by atoms with Gasteiger partial charge < -0.3 is 20.1 Å². The highest BCUT2D eigenvalue weighted by molar-refractivity contribution is 6.33. The van der Waals surface area contributed by atoms with Gasteiger partial charge in [-0.05, 0) is 12.1 Å². The molecule has 94 valence electrons. The molecule has 5 heteroatoms. The van der Waals surface area contributed by atoms with E-state index in [1.54, 1.807) is 6.07 Å². The van der Waals surface area contributed by atoms with Crippen molar-refractivity contribution in [2.75, 3.05) is 44.3 Å². The first-order valence-electron chi connectivity index (χ1n) is 5.80. The van der Waals surface area contributed by atoms with Gasteiger partial charge in [-0.15, -0.1) is 0 Å². The molecule has 1 aromatic carbocycles. The average molecular weight is 257 g/mol. The Kier molecular flexibility index (Phi) is 4.48. The number of rotatable bonds is 4. The van der Waals surface area contributed by atoms with E-state index >= 15 is 0 Å². The fraction of sp³-hybridized carbons (Fsp3) is 0.500. The van der Waals surface area contributed by atoms with Crippen LogP contribution in [0.3, 0.4) is 0 Å². The summed E-state index contributed by atoms with van der Waals surface area (Å²) in [5.41, 5.74) is 1.05. The lowest BCUT2D eigenvalue weighted by atomic mass is 10.2. The topological polar surface area (TPSA) is 44.7 Å². The Hall–Kier alpha value is -0.970. The van der Waals surface area contributed by atoms with Crippen LogP contribution in [0.5, 0.6) is 5.75 Å². The Balaban J connectivity index is 2.07. The number of halogens is 1. The molecule has 2 rings (SSSR count). The molecule has 0 aromatic heterocycles. The number of piperazine rings is 1. The number of nitrogens with zero attached hydrogens (tertiary/aromatic N) is 1. The fourth-order valence-electron chi connectivity index (χ4n) is 1.90. The van der Waals surface area contributed by atoms with Crippen LogP contribution in [-0.4, -0.2) is 44.5 Å². The molecule has 0 unspecified atom stereocenters. The molecule has 0 spiro atoms. The number of benzene rings is 1. The lowest BCUT2D eigenvalue weighted by Crippen LogP contribution is -2.43. The second kappa shape index (κ2) is 6.10. The molecule has 4 nitrogen and oxygen atoms in total. The van der Waals surface area contributed by atoms with Crippen LogP contribution in [0.25, 0.3) is 0 Å². The summed E-state index contributed by atoms with van der Waals surface area (Å²) in [7, 11) is 0. The summed E-state index contributed by atoms with van der Waals surface area (Å²) in [6.07, 6.45) is 0. The summed E-state index contributed by atoms with van der Waals surface area (Å²) in [6, 6.07) is 5.66. The molecule has 1 aliphatic heterocycles. The number of hydrogen-bond acceptors (Lipinski definition) is 4. The molecule has 0 bridgehead atoms. The molecular formula is C12H17ClN2O2. The van der Waals surface area contributed by atoms with E-state index in [4.69, 9.17) is 21.4 Å². The van der Waals surface area contributed by atoms with Gasteiger partial charge in [-0.2, -0.15) is 0 Å². The Morgan fingerprint density at radius 1 is 1.35 bits per heavy atom. The molecular weight excluding hydrogens is 240 g/mol. The summed E-state index contributed by atoms with van der Waals surface area (Å²) in [4.78, 5) is 2.26. The highest BCUT2D eigenvalue weighted by atomic mass is 35.5. The van der Waals surface area contributed by atoms with Crippen molar-refractivity contribution in [3.63, 3.8) is 0 Å². The monoisotopic (exact) mass is 256 g/mol. The zero-order valence-electron chi connectivity index (χ0n) is 9.66. The molecule has 0 atom stereocenters. The molecule has 1 aliphatic rings. The zero-order chi connectivity index (χ0) is 12.1. The first-order valence-corrected chi connectivity index (χ1v) is 6.18. The lowest BCUT2D eigenvalue weighted by molar-refractivity contribution is 0.201. The van der Waals surface area contributed by atoms with Gasteiger partial charge in [-0.25, -0.2) is 0 Å². The van der Waals surface area contributed by atoms with Gasteiger partial charge in [0.2, 0.25) is 0 Å². The van der Waals surface area contributed by atoms with Gasteiger partial charge in [0.15, 0.2) is 0 Å². The molecule has 2 N–H and O–H groups in total. The maximum Gasteiger partial charge on any atom is 0.121 e. The minimum absolute atomic E-state index is 0.0111. The van der Waals surface area contributed by atoms with Gasteiger partial charge in [-0.1, -0.05) is 11.6 Å². The number of ether oxygens (including phenoxy) is 1. The van der Waals surface area contributed by atoms with E-state index in [1.807, 2.05) is 12.1 Å². The van der Waals surface area contributed by atoms with Gasteiger partial charge in [0.1, 0.15) is 12.4 Å². The third kappa shape index (κ3) is 3.25. The maximum atomic E-state index is 8.68. The Bertz CT molecular complexity index is 368. The predicted octanol–water partition coefficient (Wildman–Crippen LogP) is 1.12. The zero-order valence-corrected chi connectivity index (χ0v) is 10.4. The van der Waals surface area contributed by atoms with Gasteiger partial charge >= 0.3 is 0 Å². The van der Waals surface area contributed by atoms with Gasteiger partial charge in [-0.3, -0.25) is 0 Å². The highest BCUT2D eigenvalue weighted by Crippen LogP contribution is 2.30. The van der Waals surface area contributed by atoms with Gasteiger partial charge in [0.05, 0.1) is 17.3 Å². The standard InChI is InChI=1S/C12H17ClN2O2/c13-11-9-10(17-8-7-16)1-2-12(11)15-5-3-14-4-6-15/h1-2,9,14,16H,3-8H2. The summed E-state index contributed by atoms with van der Waals surface area (Å²) < 4.78 is 5.31. The molecule has 1 saturated heterocycles. The molecule has 17 heavy (non-hydrogen) atoms. The number of anilines is 1. The van der Waals surface area contributed by atoms with Crippen LogP contribution in [0.2, 0.25) is 5.02 Å². The van der Waals surface area contributed by atoms with E-state index in [-0.39, 0.29) is 6.61 Å². The third-order valence-electron chi connectivity index (χ3n) is 2.74. The highest BCUT2D eigenvalue weighted by Gasteiger charge is 2.13. The van der Waals surface area contributed by atoms with Crippen molar-refractivity contribution in [1.82, 2.24) is 5.32 Å². The summed E-state index contributed by atoms with van der Waals surface area (Å²) >= 11 is 6.24. The van der Waals surface area contributed by atoms with E-state index < -0.39 is 0 Å². The third-order valence-corrected chi connectivity index (χ3v) is 3.04. The van der Waals surface area contributed by atoms with Crippen molar-refractivity contribution in [2.24, 2.45) is 0 Å². The van der Waals surface area contributed by atoms with Crippen molar-refractivity contribution < 1.29 is 9.84 Å². The van der Waals surface area contributed by atoms with E-state index in [1.165, 1.54) is 0 Å².